The van der Waals surface area contributed by atoms with E-state index in [0.717, 1.165) is 0 Å². The van der Waals surface area contributed by atoms with Crippen molar-refractivity contribution in [3.8, 4) is 0 Å². The monoisotopic (exact) mass is 307 g/mol. The molecule has 0 saturated carbocycles. The fraction of sp³-hybridized carbons (Fsp3) is 0.833. The Kier molecular flexibility index (Phi) is 7.85. The molecule has 2 amide bonds. The van der Waals surface area contributed by atoms with Crippen LogP contribution in [0.5, 0.6) is 0 Å². The van der Waals surface area contributed by atoms with Gasteiger partial charge in [-0.3, -0.25) is 9.59 Å². The van der Waals surface area contributed by atoms with E-state index in [1.165, 1.54) is 0 Å². The molecule has 0 saturated heterocycles. The topological polar surface area (TPSA) is 70.2 Å². The predicted molar refractivity (Wildman–Crippen MR) is 85.0 cm³/mol. The van der Waals surface area contributed by atoms with E-state index in [1.54, 1.807) is 13.8 Å². The van der Waals surface area contributed by atoms with Gasteiger partial charge in [-0.1, -0.05) is 6.92 Å². The summed E-state index contributed by atoms with van der Waals surface area (Å²) in [6.45, 7) is 8.31. The third-order valence-corrected chi connectivity index (χ3v) is 4.19. The number of carbonyl (C=O) groups is 2. The van der Waals surface area contributed by atoms with Crippen LogP contribution in [0.15, 0.2) is 0 Å². The summed E-state index contributed by atoms with van der Waals surface area (Å²) in [5, 5.41) is 8.55. The Morgan fingerprint density at radius 1 is 0.947 bits per heavy atom. The van der Waals surface area contributed by atoms with E-state index in [0.29, 0.717) is 18.8 Å². The van der Waals surface area contributed by atoms with Gasteiger partial charge < -0.3 is 16.0 Å². The first-order valence-corrected chi connectivity index (χ1v) is 7.63. The zero-order valence-electron chi connectivity index (χ0n) is 12.0. The van der Waals surface area contributed by atoms with Crippen molar-refractivity contribution in [1.29, 1.82) is 0 Å². The van der Waals surface area contributed by atoms with Gasteiger partial charge in [0.15, 0.2) is 0 Å². The molecule has 0 aliphatic carbocycles. The SMILES string of the molecule is CCNC(=O)[C@](C)(CS)NC(=O)[C@@](C)(CS)NCC. The molecule has 0 rings (SSSR count). The van der Waals surface area contributed by atoms with Gasteiger partial charge in [0, 0.05) is 18.1 Å². The lowest BCUT2D eigenvalue weighted by Crippen LogP contribution is -2.65. The van der Waals surface area contributed by atoms with E-state index in [4.69, 9.17) is 0 Å². The van der Waals surface area contributed by atoms with Crippen molar-refractivity contribution in [2.75, 3.05) is 24.6 Å². The Hall–Kier alpha value is -0.400. The molecule has 0 heterocycles. The molecule has 0 radical (unpaired) electrons. The lowest BCUT2D eigenvalue weighted by Gasteiger charge is -2.34. The van der Waals surface area contributed by atoms with Gasteiger partial charge in [-0.2, -0.15) is 25.3 Å². The van der Waals surface area contributed by atoms with Crippen LogP contribution >= 0.6 is 25.3 Å². The highest BCUT2D eigenvalue weighted by atomic mass is 32.1. The van der Waals surface area contributed by atoms with E-state index >= 15 is 0 Å². The number of amides is 2. The number of hydrogen-bond donors (Lipinski definition) is 5. The van der Waals surface area contributed by atoms with Gasteiger partial charge in [-0.05, 0) is 27.3 Å². The highest BCUT2D eigenvalue weighted by Gasteiger charge is 2.39. The molecular formula is C12H25N3O2S2. The van der Waals surface area contributed by atoms with Gasteiger partial charge in [-0.15, -0.1) is 0 Å². The number of likely N-dealkylation sites (N-methyl/N-ethyl adjacent to an activating group) is 2. The number of carbonyl (C=O) groups excluding carboxylic acids is 2. The first kappa shape index (κ1) is 18.6. The average molecular weight is 307 g/mol. The van der Waals surface area contributed by atoms with E-state index in [-0.39, 0.29) is 17.6 Å². The molecule has 0 fully saturated rings. The minimum Gasteiger partial charge on any atom is -0.354 e. The first-order chi connectivity index (χ1) is 8.79. The van der Waals surface area contributed by atoms with Gasteiger partial charge >= 0.3 is 0 Å². The van der Waals surface area contributed by atoms with Crippen LogP contribution in [0, 0.1) is 0 Å². The van der Waals surface area contributed by atoms with Crippen LogP contribution in [0.1, 0.15) is 27.7 Å². The Labute approximate surface area is 126 Å². The van der Waals surface area contributed by atoms with Crippen LogP contribution in [0.2, 0.25) is 0 Å². The third kappa shape index (κ3) is 4.89. The zero-order chi connectivity index (χ0) is 15.1. The van der Waals surface area contributed by atoms with Crippen LogP contribution in [-0.2, 0) is 9.59 Å². The second-order valence-corrected chi connectivity index (χ2v) is 5.46. The molecule has 0 aliphatic heterocycles. The van der Waals surface area contributed by atoms with Crippen molar-refractivity contribution in [2.24, 2.45) is 0 Å². The molecule has 7 heteroatoms. The van der Waals surface area contributed by atoms with Gasteiger partial charge in [0.05, 0.1) is 0 Å². The third-order valence-electron chi connectivity index (χ3n) is 2.93. The van der Waals surface area contributed by atoms with E-state index in [2.05, 4.69) is 41.2 Å². The second-order valence-electron chi connectivity index (χ2n) is 4.82. The molecule has 0 unspecified atom stereocenters. The largest absolute Gasteiger partial charge is 0.354 e. The van der Waals surface area contributed by atoms with Crippen molar-refractivity contribution in [1.82, 2.24) is 16.0 Å². The molecule has 0 aliphatic rings. The van der Waals surface area contributed by atoms with Crippen LogP contribution < -0.4 is 16.0 Å². The van der Waals surface area contributed by atoms with Crippen molar-refractivity contribution in [3.63, 3.8) is 0 Å². The van der Waals surface area contributed by atoms with Gasteiger partial charge in [0.2, 0.25) is 11.8 Å². The lowest BCUT2D eigenvalue weighted by molar-refractivity contribution is -0.134. The molecule has 0 spiro atoms. The van der Waals surface area contributed by atoms with E-state index < -0.39 is 11.1 Å². The number of thiol groups is 2. The molecule has 3 N–H and O–H groups in total. The number of nitrogens with one attached hydrogen (secondary N) is 3. The Morgan fingerprint density at radius 2 is 1.47 bits per heavy atom. The Balaban J connectivity index is 4.96. The van der Waals surface area contributed by atoms with Crippen LogP contribution in [0.4, 0.5) is 0 Å². The standard InChI is InChI=1S/C12H25N3O2S2/c1-5-13-9(16)12(4,8-19)15-10(17)11(3,7-18)14-6-2/h14,18-19H,5-8H2,1-4H3,(H,13,16)(H,15,17)/t11-,12+/m1/s1. The fourth-order valence-corrected chi connectivity index (χ4v) is 1.99. The maximum atomic E-state index is 12.3. The molecule has 2 atom stereocenters. The van der Waals surface area contributed by atoms with Crippen LogP contribution in [-0.4, -0.2) is 47.5 Å². The first-order valence-electron chi connectivity index (χ1n) is 6.37. The second kappa shape index (κ2) is 8.01. The highest BCUT2D eigenvalue weighted by molar-refractivity contribution is 7.80. The highest BCUT2D eigenvalue weighted by Crippen LogP contribution is 2.12. The van der Waals surface area contributed by atoms with E-state index in [9.17, 15) is 9.59 Å². The van der Waals surface area contributed by atoms with Crippen LogP contribution in [0.25, 0.3) is 0 Å². The summed E-state index contributed by atoms with van der Waals surface area (Å²) in [6, 6.07) is 0. The maximum Gasteiger partial charge on any atom is 0.246 e. The summed E-state index contributed by atoms with van der Waals surface area (Å²) in [7, 11) is 0. The molecule has 0 aromatic rings. The van der Waals surface area contributed by atoms with E-state index in [1.807, 2.05) is 13.8 Å². The number of hydrogen-bond acceptors (Lipinski definition) is 5. The minimum absolute atomic E-state index is 0.222. The maximum absolute atomic E-state index is 12.3. The summed E-state index contributed by atoms with van der Waals surface area (Å²) in [4.78, 5) is 24.3. The number of rotatable bonds is 8. The molecular weight excluding hydrogens is 282 g/mol. The van der Waals surface area contributed by atoms with Crippen molar-refractivity contribution < 1.29 is 9.59 Å². The Morgan fingerprint density at radius 3 is 1.84 bits per heavy atom. The molecule has 0 bridgehead atoms. The molecule has 112 valence electrons. The molecule has 0 aromatic carbocycles. The average Bonchev–Trinajstić information content (AvgIpc) is 2.38. The molecule has 19 heavy (non-hydrogen) atoms. The smallest absolute Gasteiger partial charge is 0.246 e. The normalized spacial score (nSPS) is 17.2. The molecule has 5 nitrogen and oxygen atoms in total. The van der Waals surface area contributed by atoms with Gasteiger partial charge in [0.1, 0.15) is 11.1 Å². The van der Waals surface area contributed by atoms with Gasteiger partial charge in [0.25, 0.3) is 0 Å². The van der Waals surface area contributed by atoms with Gasteiger partial charge in [-0.25, -0.2) is 0 Å². The zero-order valence-corrected chi connectivity index (χ0v) is 13.8. The fourth-order valence-electron chi connectivity index (χ4n) is 1.51. The minimum atomic E-state index is -1.03. The Bertz CT molecular complexity index is 328. The van der Waals surface area contributed by atoms with Crippen molar-refractivity contribution in [2.45, 2.75) is 38.8 Å². The van der Waals surface area contributed by atoms with Crippen molar-refractivity contribution >= 4 is 37.1 Å². The summed E-state index contributed by atoms with van der Waals surface area (Å²) in [6.07, 6.45) is 0. The lowest BCUT2D eigenvalue weighted by atomic mass is 9.98. The molecule has 0 aromatic heterocycles. The quantitative estimate of drug-likeness (QED) is 0.417. The summed E-state index contributed by atoms with van der Waals surface area (Å²) >= 11 is 8.37. The predicted octanol–water partition coefficient (Wildman–Crippen LogP) is 0.225. The summed E-state index contributed by atoms with van der Waals surface area (Å²) < 4.78 is 0. The van der Waals surface area contributed by atoms with Crippen molar-refractivity contribution in [3.05, 3.63) is 0 Å². The van der Waals surface area contributed by atoms with Crippen LogP contribution in [0.3, 0.4) is 0 Å². The summed E-state index contributed by atoms with van der Waals surface area (Å²) in [5.74, 6) is 0.0628. The summed E-state index contributed by atoms with van der Waals surface area (Å²) in [5.41, 5.74) is -1.84.